The van der Waals surface area contributed by atoms with Gasteiger partial charge in [0.2, 0.25) is 0 Å². The second-order valence-electron chi connectivity index (χ2n) is 3.90. The Hall–Kier alpha value is -0.820. The molecule has 69 valence electrons. The predicted octanol–water partition coefficient (Wildman–Crippen LogP) is 2.76. The molecular formula is C12H16N. The van der Waals surface area contributed by atoms with E-state index >= 15 is 0 Å². The van der Waals surface area contributed by atoms with Crippen LogP contribution in [-0.2, 0) is 0 Å². The predicted molar refractivity (Wildman–Crippen MR) is 54.6 cm³/mol. The standard InChI is InChI=1S/C12H16N/c1-10(13-9-11-7-8-11)12-5-3-2-4-6-12/h2-6,10-11H,7-9H2,1H3. The van der Waals surface area contributed by atoms with Gasteiger partial charge >= 0.3 is 0 Å². The number of benzene rings is 1. The lowest BCUT2D eigenvalue weighted by Crippen LogP contribution is -2.13. The lowest BCUT2D eigenvalue weighted by atomic mass is 10.1. The molecule has 0 saturated heterocycles. The van der Waals surface area contributed by atoms with Crippen LogP contribution < -0.4 is 5.32 Å². The highest BCUT2D eigenvalue weighted by atomic mass is 14.9. The van der Waals surface area contributed by atoms with Gasteiger partial charge in [-0.3, -0.25) is 0 Å². The summed E-state index contributed by atoms with van der Waals surface area (Å²) in [5.74, 6) is 0.908. The molecule has 1 radical (unpaired) electrons. The number of rotatable bonds is 4. The van der Waals surface area contributed by atoms with Gasteiger partial charge in [-0.1, -0.05) is 30.3 Å². The van der Waals surface area contributed by atoms with Crippen molar-refractivity contribution in [2.75, 3.05) is 6.54 Å². The monoisotopic (exact) mass is 174 g/mol. The SMILES string of the molecule is CC([N]CC1CC1)c1ccccc1. The average molecular weight is 174 g/mol. The van der Waals surface area contributed by atoms with Crippen molar-refractivity contribution in [3.8, 4) is 0 Å². The summed E-state index contributed by atoms with van der Waals surface area (Å²) >= 11 is 0. The van der Waals surface area contributed by atoms with Gasteiger partial charge in [0.15, 0.2) is 0 Å². The minimum atomic E-state index is 0.377. The molecule has 13 heavy (non-hydrogen) atoms. The van der Waals surface area contributed by atoms with Gasteiger partial charge in [0.05, 0.1) is 0 Å². The van der Waals surface area contributed by atoms with Gasteiger partial charge in [-0.2, -0.15) is 0 Å². The van der Waals surface area contributed by atoms with E-state index in [1.165, 1.54) is 18.4 Å². The van der Waals surface area contributed by atoms with Crippen LogP contribution in [0.1, 0.15) is 31.4 Å². The van der Waals surface area contributed by atoms with Gasteiger partial charge in [-0.25, -0.2) is 5.32 Å². The minimum Gasteiger partial charge on any atom is -0.234 e. The summed E-state index contributed by atoms with van der Waals surface area (Å²) in [5, 5.41) is 4.66. The van der Waals surface area contributed by atoms with Crippen molar-refractivity contribution in [1.82, 2.24) is 5.32 Å². The lowest BCUT2D eigenvalue weighted by Gasteiger charge is -2.11. The van der Waals surface area contributed by atoms with Crippen LogP contribution in [0, 0.1) is 5.92 Å². The van der Waals surface area contributed by atoms with Crippen LogP contribution in [0.25, 0.3) is 0 Å². The van der Waals surface area contributed by atoms with Crippen molar-refractivity contribution >= 4 is 0 Å². The van der Waals surface area contributed by atoms with Crippen LogP contribution in [0.3, 0.4) is 0 Å². The maximum Gasteiger partial charge on any atom is 0.0467 e. The van der Waals surface area contributed by atoms with Crippen LogP contribution in [0.2, 0.25) is 0 Å². The Labute approximate surface area is 80.2 Å². The van der Waals surface area contributed by atoms with Gasteiger partial charge in [0, 0.05) is 12.6 Å². The molecule has 2 rings (SSSR count). The normalized spacial score (nSPS) is 18.5. The van der Waals surface area contributed by atoms with E-state index in [0.29, 0.717) is 6.04 Å². The van der Waals surface area contributed by atoms with Crippen molar-refractivity contribution < 1.29 is 0 Å². The highest BCUT2D eigenvalue weighted by Crippen LogP contribution is 2.29. The van der Waals surface area contributed by atoms with Gasteiger partial charge in [0.1, 0.15) is 0 Å². The first-order valence-electron chi connectivity index (χ1n) is 5.08. The van der Waals surface area contributed by atoms with Gasteiger partial charge in [-0.15, -0.1) is 0 Å². The third-order valence-corrected chi connectivity index (χ3v) is 2.62. The van der Waals surface area contributed by atoms with E-state index in [1.807, 2.05) is 0 Å². The summed E-state index contributed by atoms with van der Waals surface area (Å²) in [6.07, 6.45) is 2.79. The molecule has 1 aromatic carbocycles. The van der Waals surface area contributed by atoms with Crippen molar-refractivity contribution in [2.45, 2.75) is 25.8 Å². The number of hydrogen-bond acceptors (Lipinski definition) is 0. The first kappa shape index (κ1) is 8.76. The second-order valence-corrected chi connectivity index (χ2v) is 3.90. The fourth-order valence-corrected chi connectivity index (χ4v) is 1.44. The highest BCUT2D eigenvalue weighted by Gasteiger charge is 2.22. The first-order chi connectivity index (χ1) is 6.36. The molecule has 1 fully saturated rings. The van der Waals surface area contributed by atoms with E-state index in [1.54, 1.807) is 0 Å². The average Bonchev–Trinajstić information content (AvgIpc) is 2.99. The van der Waals surface area contributed by atoms with Gasteiger partial charge in [-0.05, 0) is 31.2 Å². The molecule has 1 aromatic rings. The minimum absolute atomic E-state index is 0.377. The molecule has 0 N–H and O–H groups in total. The van der Waals surface area contributed by atoms with E-state index in [4.69, 9.17) is 0 Å². The molecule has 1 aliphatic rings. The van der Waals surface area contributed by atoms with Crippen molar-refractivity contribution in [2.24, 2.45) is 5.92 Å². The molecule has 1 nitrogen and oxygen atoms in total. The maximum atomic E-state index is 4.66. The molecule has 1 unspecified atom stereocenters. The van der Waals surface area contributed by atoms with Crippen LogP contribution in [-0.4, -0.2) is 6.54 Å². The molecule has 1 saturated carbocycles. The molecule has 0 spiro atoms. The molecule has 1 aliphatic carbocycles. The Kier molecular flexibility index (Phi) is 2.65. The third-order valence-electron chi connectivity index (χ3n) is 2.62. The van der Waals surface area contributed by atoms with E-state index in [-0.39, 0.29) is 0 Å². The van der Waals surface area contributed by atoms with Crippen molar-refractivity contribution in [1.29, 1.82) is 0 Å². The zero-order valence-corrected chi connectivity index (χ0v) is 8.11. The Morgan fingerprint density at radius 2 is 2.00 bits per heavy atom. The van der Waals surface area contributed by atoms with Crippen LogP contribution in [0.4, 0.5) is 0 Å². The molecule has 0 bridgehead atoms. The number of hydrogen-bond donors (Lipinski definition) is 0. The van der Waals surface area contributed by atoms with Gasteiger partial charge in [0.25, 0.3) is 0 Å². The summed E-state index contributed by atoms with van der Waals surface area (Å²) in [5.41, 5.74) is 1.34. The fourth-order valence-electron chi connectivity index (χ4n) is 1.44. The van der Waals surface area contributed by atoms with E-state index in [9.17, 15) is 0 Å². The molecular weight excluding hydrogens is 158 g/mol. The van der Waals surface area contributed by atoms with Crippen molar-refractivity contribution in [3.05, 3.63) is 35.9 Å². The van der Waals surface area contributed by atoms with Crippen LogP contribution >= 0.6 is 0 Å². The van der Waals surface area contributed by atoms with Crippen molar-refractivity contribution in [3.63, 3.8) is 0 Å². The quantitative estimate of drug-likeness (QED) is 0.666. The Balaban J connectivity index is 1.85. The zero-order valence-electron chi connectivity index (χ0n) is 8.11. The summed E-state index contributed by atoms with van der Waals surface area (Å²) in [4.78, 5) is 0. The number of nitrogens with zero attached hydrogens (tertiary/aromatic N) is 1. The molecule has 0 amide bonds. The Morgan fingerprint density at radius 3 is 2.62 bits per heavy atom. The summed E-state index contributed by atoms with van der Waals surface area (Å²) in [7, 11) is 0. The Morgan fingerprint density at radius 1 is 1.31 bits per heavy atom. The third kappa shape index (κ3) is 2.56. The molecule has 0 aromatic heterocycles. The van der Waals surface area contributed by atoms with Crippen LogP contribution in [0.5, 0.6) is 0 Å². The topological polar surface area (TPSA) is 14.1 Å². The molecule has 0 aliphatic heterocycles. The lowest BCUT2D eigenvalue weighted by molar-refractivity contribution is 0.536. The van der Waals surface area contributed by atoms with E-state index < -0.39 is 0 Å². The smallest absolute Gasteiger partial charge is 0.0467 e. The van der Waals surface area contributed by atoms with E-state index in [0.717, 1.165) is 12.5 Å². The largest absolute Gasteiger partial charge is 0.234 e. The first-order valence-corrected chi connectivity index (χ1v) is 5.08. The summed E-state index contributed by atoms with van der Waals surface area (Å²) < 4.78 is 0. The second kappa shape index (κ2) is 3.93. The summed E-state index contributed by atoms with van der Waals surface area (Å²) in [6.45, 7) is 3.24. The fraction of sp³-hybridized carbons (Fsp3) is 0.500. The highest BCUT2D eigenvalue weighted by molar-refractivity contribution is 5.17. The Bertz CT molecular complexity index is 251. The molecule has 0 heterocycles. The summed E-state index contributed by atoms with van der Waals surface area (Å²) in [6, 6.07) is 10.9. The van der Waals surface area contributed by atoms with Crippen LogP contribution in [0.15, 0.2) is 30.3 Å². The van der Waals surface area contributed by atoms with Gasteiger partial charge < -0.3 is 0 Å². The zero-order chi connectivity index (χ0) is 9.10. The maximum absolute atomic E-state index is 4.66. The molecule has 1 atom stereocenters. The molecule has 1 heteroatoms. The van der Waals surface area contributed by atoms with E-state index in [2.05, 4.69) is 42.6 Å².